The number of hydrogen-bond donors (Lipinski definition) is 2. The lowest BCUT2D eigenvalue weighted by Crippen LogP contribution is -1.99. The molecule has 1 aromatic heterocycles. The summed E-state index contributed by atoms with van der Waals surface area (Å²) in [5.41, 5.74) is 11.4. The van der Waals surface area contributed by atoms with Gasteiger partial charge >= 0.3 is 0 Å². The third-order valence-corrected chi connectivity index (χ3v) is 1.40. The second-order valence-corrected chi connectivity index (χ2v) is 2.33. The monoisotopic (exact) mass is 180 g/mol. The first kappa shape index (κ1) is 9.47. The van der Waals surface area contributed by atoms with Crippen LogP contribution in [0.2, 0.25) is 0 Å². The fourth-order valence-corrected chi connectivity index (χ4v) is 0.814. The molecule has 0 saturated heterocycles. The summed E-state index contributed by atoms with van der Waals surface area (Å²) in [6, 6.07) is 0. The van der Waals surface area contributed by atoms with Gasteiger partial charge in [-0.15, -0.1) is 0 Å². The van der Waals surface area contributed by atoms with Gasteiger partial charge in [0.05, 0.1) is 19.0 Å². The summed E-state index contributed by atoms with van der Waals surface area (Å²) in [4.78, 5) is 7.98. The molecule has 1 rings (SSSR count). The number of nitrogens with two attached hydrogens (primary N) is 2. The predicted molar refractivity (Wildman–Crippen MR) is 51.1 cm³/mol. The van der Waals surface area contributed by atoms with E-state index in [0.717, 1.165) is 0 Å². The van der Waals surface area contributed by atoms with Crippen LogP contribution in [0.3, 0.4) is 0 Å². The molecule has 1 heterocycles. The first-order valence-electron chi connectivity index (χ1n) is 3.81. The fraction of sp³-hybridized carbons (Fsp3) is 0.250. The third-order valence-electron chi connectivity index (χ3n) is 1.40. The average molecular weight is 180 g/mol. The third kappa shape index (κ3) is 2.41. The van der Waals surface area contributed by atoms with Crippen molar-refractivity contribution in [2.24, 2.45) is 5.73 Å². The minimum atomic E-state index is 0.285. The Bertz CT molecular complexity index is 311. The van der Waals surface area contributed by atoms with Crippen molar-refractivity contribution in [2.45, 2.75) is 0 Å². The number of nitrogens with zero attached hydrogens (tertiary/aromatic N) is 2. The van der Waals surface area contributed by atoms with Crippen LogP contribution in [-0.4, -0.2) is 23.6 Å². The SMILES string of the molecule is COc1nc(C=CCN)cnc1N. The zero-order valence-electron chi connectivity index (χ0n) is 7.40. The highest BCUT2D eigenvalue weighted by Crippen LogP contribution is 2.14. The zero-order valence-corrected chi connectivity index (χ0v) is 7.40. The van der Waals surface area contributed by atoms with E-state index < -0.39 is 0 Å². The van der Waals surface area contributed by atoms with Gasteiger partial charge < -0.3 is 16.2 Å². The van der Waals surface area contributed by atoms with Gasteiger partial charge in [-0.25, -0.2) is 9.97 Å². The summed E-state index contributed by atoms with van der Waals surface area (Å²) >= 11 is 0. The second kappa shape index (κ2) is 4.42. The van der Waals surface area contributed by atoms with Crippen LogP contribution >= 0.6 is 0 Å². The lowest BCUT2D eigenvalue weighted by Gasteiger charge is -2.01. The number of ether oxygens (including phenoxy) is 1. The second-order valence-electron chi connectivity index (χ2n) is 2.33. The van der Waals surface area contributed by atoms with E-state index in [-0.39, 0.29) is 5.82 Å². The van der Waals surface area contributed by atoms with Crippen LogP contribution in [0.4, 0.5) is 5.82 Å². The van der Waals surface area contributed by atoms with Crippen molar-refractivity contribution in [2.75, 3.05) is 19.4 Å². The molecule has 0 spiro atoms. The van der Waals surface area contributed by atoms with Gasteiger partial charge in [0, 0.05) is 6.54 Å². The molecule has 0 radical (unpaired) electrons. The maximum Gasteiger partial charge on any atom is 0.257 e. The van der Waals surface area contributed by atoms with Gasteiger partial charge in [0.15, 0.2) is 5.82 Å². The Kier molecular flexibility index (Phi) is 3.22. The van der Waals surface area contributed by atoms with Gasteiger partial charge in [0.25, 0.3) is 5.88 Å². The zero-order chi connectivity index (χ0) is 9.68. The van der Waals surface area contributed by atoms with Gasteiger partial charge in [-0.2, -0.15) is 0 Å². The Hall–Kier alpha value is -1.62. The molecular formula is C8H12N4O. The number of nitrogen functional groups attached to an aromatic ring is 1. The molecule has 0 saturated carbocycles. The molecule has 13 heavy (non-hydrogen) atoms. The van der Waals surface area contributed by atoms with Crippen LogP contribution in [0.15, 0.2) is 12.3 Å². The quantitative estimate of drug-likeness (QED) is 0.685. The van der Waals surface area contributed by atoms with Gasteiger partial charge in [-0.3, -0.25) is 0 Å². The number of hydrogen-bond acceptors (Lipinski definition) is 5. The molecular weight excluding hydrogens is 168 g/mol. The molecule has 4 N–H and O–H groups in total. The molecule has 0 atom stereocenters. The van der Waals surface area contributed by atoms with Crippen molar-refractivity contribution in [1.82, 2.24) is 9.97 Å². The van der Waals surface area contributed by atoms with Crippen LogP contribution in [0.1, 0.15) is 5.69 Å². The van der Waals surface area contributed by atoms with E-state index >= 15 is 0 Å². The highest BCUT2D eigenvalue weighted by molar-refractivity contribution is 5.49. The summed E-state index contributed by atoms with van der Waals surface area (Å²) < 4.78 is 4.90. The molecule has 0 aromatic carbocycles. The minimum Gasteiger partial charge on any atom is -0.478 e. The summed E-state index contributed by atoms with van der Waals surface area (Å²) in [5, 5.41) is 0. The Labute approximate surface area is 76.4 Å². The smallest absolute Gasteiger partial charge is 0.257 e. The molecule has 0 fully saturated rings. The molecule has 1 aromatic rings. The number of rotatable bonds is 3. The lowest BCUT2D eigenvalue weighted by molar-refractivity contribution is 0.398. The van der Waals surface area contributed by atoms with Crippen LogP contribution in [-0.2, 0) is 0 Å². The minimum absolute atomic E-state index is 0.285. The molecule has 0 unspecified atom stereocenters. The predicted octanol–water partition coefficient (Wildman–Crippen LogP) is 0.0393. The normalized spacial score (nSPS) is 10.6. The van der Waals surface area contributed by atoms with Crippen molar-refractivity contribution < 1.29 is 4.74 Å². The van der Waals surface area contributed by atoms with E-state index in [1.807, 2.05) is 0 Å². The largest absolute Gasteiger partial charge is 0.478 e. The van der Waals surface area contributed by atoms with E-state index in [2.05, 4.69) is 9.97 Å². The highest BCUT2D eigenvalue weighted by atomic mass is 16.5. The van der Waals surface area contributed by atoms with Crippen LogP contribution < -0.4 is 16.2 Å². The van der Waals surface area contributed by atoms with Gasteiger partial charge in [0.2, 0.25) is 0 Å². The summed E-state index contributed by atoms with van der Waals surface area (Å²) in [6.45, 7) is 0.467. The van der Waals surface area contributed by atoms with Crippen LogP contribution in [0, 0.1) is 0 Å². The maximum atomic E-state index is 5.48. The van der Waals surface area contributed by atoms with Gasteiger partial charge in [0.1, 0.15) is 0 Å². The van der Waals surface area contributed by atoms with Crippen molar-refractivity contribution >= 4 is 11.9 Å². The highest BCUT2D eigenvalue weighted by Gasteiger charge is 2.01. The first-order chi connectivity index (χ1) is 6.27. The molecule has 0 amide bonds. The van der Waals surface area contributed by atoms with Crippen LogP contribution in [0.5, 0.6) is 5.88 Å². The Morgan fingerprint density at radius 3 is 3.00 bits per heavy atom. The van der Waals surface area contributed by atoms with E-state index in [0.29, 0.717) is 18.1 Å². The summed E-state index contributed by atoms with van der Waals surface area (Å²) in [6.07, 6.45) is 5.10. The number of methoxy groups -OCH3 is 1. The summed E-state index contributed by atoms with van der Waals surface area (Å²) in [5.74, 6) is 0.617. The molecule has 5 nitrogen and oxygen atoms in total. The number of anilines is 1. The topological polar surface area (TPSA) is 87.0 Å². The van der Waals surface area contributed by atoms with Crippen molar-refractivity contribution in [3.8, 4) is 5.88 Å². The Balaban J connectivity index is 2.92. The molecule has 0 aliphatic carbocycles. The molecule has 0 bridgehead atoms. The van der Waals surface area contributed by atoms with Crippen molar-refractivity contribution in [3.63, 3.8) is 0 Å². The molecule has 70 valence electrons. The molecule has 5 heteroatoms. The van der Waals surface area contributed by atoms with E-state index in [1.54, 1.807) is 18.3 Å². The maximum absolute atomic E-state index is 5.48. The Morgan fingerprint density at radius 2 is 2.38 bits per heavy atom. The number of aromatic nitrogens is 2. The van der Waals surface area contributed by atoms with Crippen molar-refractivity contribution in [1.29, 1.82) is 0 Å². The van der Waals surface area contributed by atoms with E-state index in [9.17, 15) is 0 Å². The molecule has 0 aliphatic heterocycles. The lowest BCUT2D eigenvalue weighted by atomic mass is 10.4. The fourth-order valence-electron chi connectivity index (χ4n) is 0.814. The standard InChI is InChI=1S/C8H12N4O/c1-13-8-7(10)11-5-6(12-8)3-2-4-9/h2-3,5H,4,9H2,1H3,(H2,10,11). The summed E-state index contributed by atoms with van der Waals surface area (Å²) in [7, 11) is 1.50. The van der Waals surface area contributed by atoms with Crippen molar-refractivity contribution in [3.05, 3.63) is 18.0 Å². The average Bonchev–Trinajstić information content (AvgIpc) is 2.16. The van der Waals surface area contributed by atoms with Crippen LogP contribution in [0.25, 0.3) is 6.08 Å². The Morgan fingerprint density at radius 1 is 1.62 bits per heavy atom. The van der Waals surface area contributed by atoms with Gasteiger partial charge in [-0.1, -0.05) is 6.08 Å². The van der Waals surface area contributed by atoms with E-state index in [4.69, 9.17) is 16.2 Å². The first-order valence-corrected chi connectivity index (χ1v) is 3.81. The molecule has 0 aliphatic rings. The van der Waals surface area contributed by atoms with Gasteiger partial charge in [-0.05, 0) is 6.08 Å². The van der Waals surface area contributed by atoms with E-state index in [1.165, 1.54) is 7.11 Å².